The van der Waals surface area contributed by atoms with Crippen LogP contribution in [-0.4, -0.2) is 37.3 Å². The lowest BCUT2D eigenvalue weighted by atomic mass is 10.1. The molecule has 7 nitrogen and oxygen atoms in total. The Labute approximate surface area is 184 Å². The van der Waals surface area contributed by atoms with Crippen LogP contribution >= 0.6 is 23.1 Å². The molecule has 0 saturated heterocycles. The van der Waals surface area contributed by atoms with Gasteiger partial charge < -0.3 is 0 Å². The highest BCUT2D eigenvalue weighted by Crippen LogP contribution is 2.29. The molecule has 3 rings (SSSR count). The fourth-order valence-corrected chi connectivity index (χ4v) is 5.58. The largest absolute Gasteiger partial charge is 0.299 e. The highest BCUT2D eigenvalue weighted by atomic mass is 32.2. The number of carbonyl (C=O) groups excluding carboxylic acids is 1. The molecule has 0 fully saturated rings. The number of nitrogens with one attached hydrogen (secondary N) is 1. The minimum atomic E-state index is -3.65. The predicted molar refractivity (Wildman–Crippen MR) is 123 cm³/mol. The van der Waals surface area contributed by atoms with Crippen LogP contribution in [0.25, 0.3) is 0 Å². The Morgan fingerprint density at radius 3 is 2.37 bits per heavy atom. The molecule has 0 aliphatic carbocycles. The van der Waals surface area contributed by atoms with Crippen molar-refractivity contribution in [3.63, 3.8) is 0 Å². The van der Waals surface area contributed by atoms with Crippen LogP contribution in [0.1, 0.15) is 16.7 Å². The molecule has 0 unspecified atom stereocenters. The number of hydrogen-bond acceptors (Lipinski definition) is 7. The SMILES string of the molecule is Cc1cccc(C)c1N(CC(=O)Nc1nnc(SCc2ccccc2)s1)S(C)(=O)=O. The van der Waals surface area contributed by atoms with Gasteiger partial charge in [-0.05, 0) is 30.5 Å². The van der Waals surface area contributed by atoms with Crippen molar-refractivity contribution >= 4 is 49.8 Å². The third kappa shape index (κ3) is 5.80. The van der Waals surface area contributed by atoms with Crippen LogP contribution in [0.5, 0.6) is 0 Å². The topological polar surface area (TPSA) is 92.3 Å². The molecular weight excluding hydrogens is 440 g/mol. The van der Waals surface area contributed by atoms with Gasteiger partial charge in [-0.3, -0.25) is 14.4 Å². The normalized spacial score (nSPS) is 11.3. The van der Waals surface area contributed by atoms with E-state index in [4.69, 9.17) is 0 Å². The molecule has 2 aromatic carbocycles. The molecule has 0 spiro atoms. The Hall–Kier alpha value is -2.43. The number of para-hydroxylation sites is 1. The highest BCUT2D eigenvalue weighted by Gasteiger charge is 2.24. The Morgan fingerprint density at radius 2 is 1.73 bits per heavy atom. The van der Waals surface area contributed by atoms with E-state index in [-0.39, 0.29) is 6.54 Å². The van der Waals surface area contributed by atoms with Gasteiger partial charge in [0.25, 0.3) is 0 Å². The number of aryl methyl sites for hydroxylation is 2. The number of benzene rings is 2. The van der Waals surface area contributed by atoms with Crippen molar-refractivity contribution in [2.45, 2.75) is 23.9 Å². The second-order valence-electron chi connectivity index (χ2n) is 6.71. The summed E-state index contributed by atoms with van der Waals surface area (Å²) in [4.78, 5) is 12.6. The summed E-state index contributed by atoms with van der Waals surface area (Å²) in [6.07, 6.45) is 1.09. The summed E-state index contributed by atoms with van der Waals surface area (Å²) in [5.41, 5.74) is 3.25. The van der Waals surface area contributed by atoms with Crippen molar-refractivity contribution in [2.24, 2.45) is 0 Å². The van der Waals surface area contributed by atoms with Crippen LogP contribution in [0, 0.1) is 13.8 Å². The molecule has 1 N–H and O–H groups in total. The number of rotatable bonds is 8. The Balaban J connectivity index is 1.67. The van der Waals surface area contributed by atoms with Gasteiger partial charge in [-0.1, -0.05) is 71.6 Å². The second-order valence-corrected chi connectivity index (χ2v) is 10.8. The van der Waals surface area contributed by atoms with Gasteiger partial charge in [0.05, 0.1) is 11.9 Å². The molecule has 0 saturated carbocycles. The lowest BCUT2D eigenvalue weighted by molar-refractivity contribution is -0.114. The van der Waals surface area contributed by atoms with Crippen molar-refractivity contribution in [3.8, 4) is 0 Å². The van der Waals surface area contributed by atoms with Gasteiger partial charge in [0, 0.05) is 5.75 Å². The van der Waals surface area contributed by atoms with Crippen LogP contribution < -0.4 is 9.62 Å². The summed E-state index contributed by atoms with van der Waals surface area (Å²) < 4.78 is 26.6. The maximum absolute atomic E-state index is 12.6. The summed E-state index contributed by atoms with van der Waals surface area (Å²) in [5, 5.41) is 11.1. The lowest BCUT2D eigenvalue weighted by Gasteiger charge is -2.25. The van der Waals surface area contributed by atoms with Crippen molar-refractivity contribution in [1.29, 1.82) is 0 Å². The minimum Gasteiger partial charge on any atom is -0.299 e. The molecule has 1 amide bonds. The van der Waals surface area contributed by atoms with Crippen molar-refractivity contribution < 1.29 is 13.2 Å². The zero-order chi connectivity index (χ0) is 21.7. The smallest absolute Gasteiger partial charge is 0.246 e. The molecule has 0 aliphatic rings. The molecule has 0 atom stereocenters. The van der Waals surface area contributed by atoms with Gasteiger partial charge in [-0.15, -0.1) is 10.2 Å². The van der Waals surface area contributed by atoms with Crippen LogP contribution in [0.4, 0.5) is 10.8 Å². The summed E-state index contributed by atoms with van der Waals surface area (Å²) in [6, 6.07) is 15.5. The molecular formula is C20H22N4O3S3. The fourth-order valence-electron chi connectivity index (χ4n) is 2.89. The van der Waals surface area contributed by atoms with Gasteiger partial charge >= 0.3 is 0 Å². The van der Waals surface area contributed by atoms with E-state index in [9.17, 15) is 13.2 Å². The number of amides is 1. The number of hydrogen-bond donors (Lipinski definition) is 1. The van der Waals surface area contributed by atoms with E-state index in [0.717, 1.165) is 31.8 Å². The van der Waals surface area contributed by atoms with Crippen LogP contribution in [0.3, 0.4) is 0 Å². The molecule has 10 heteroatoms. The molecule has 0 bridgehead atoms. The second kappa shape index (κ2) is 9.59. The van der Waals surface area contributed by atoms with E-state index in [1.807, 2.05) is 62.4 Å². The van der Waals surface area contributed by atoms with E-state index >= 15 is 0 Å². The summed E-state index contributed by atoms with van der Waals surface area (Å²) in [5.74, 6) is 0.275. The zero-order valence-electron chi connectivity index (χ0n) is 16.8. The number of carbonyl (C=O) groups is 1. The quantitative estimate of drug-likeness (QED) is 0.404. The van der Waals surface area contributed by atoms with Crippen LogP contribution in [0.2, 0.25) is 0 Å². The Kier molecular flexibility index (Phi) is 7.11. The maximum Gasteiger partial charge on any atom is 0.246 e. The van der Waals surface area contributed by atoms with E-state index in [0.29, 0.717) is 10.8 Å². The summed E-state index contributed by atoms with van der Waals surface area (Å²) in [6.45, 7) is 3.30. The first-order valence-electron chi connectivity index (χ1n) is 9.08. The van der Waals surface area contributed by atoms with Crippen molar-refractivity contribution in [3.05, 3.63) is 65.2 Å². The Bertz CT molecular complexity index is 1110. The molecule has 30 heavy (non-hydrogen) atoms. The monoisotopic (exact) mass is 462 g/mol. The van der Waals surface area contributed by atoms with Gasteiger partial charge in [-0.25, -0.2) is 8.42 Å². The summed E-state index contributed by atoms with van der Waals surface area (Å²) in [7, 11) is -3.65. The summed E-state index contributed by atoms with van der Waals surface area (Å²) >= 11 is 2.79. The van der Waals surface area contributed by atoms with Gasteiger partial charge in [0.2, 0.25) is 21.1 Å². The van der Waals surface area contributed by atoms with E-state index < -0.39 is 15.9 Å². The third-order valence-electron chi connectivity index (χ3n) is 4.23. The molecule has 1 heterocycles. The average molecular weight is 463 g/mol. The maximum atomic E-state index is 12.6. The van der Waals surface area contributed by atoms with Gasteiger partial charge in [0.15, 0.2) is 4.34 Å². The standard InChI is InChI=1S/C20H22N4O3S3/c1-14-8-7-9-15(2)18(14)24(30(3,26)27)12-17(25)21-19-22-23-20(29-19)28-13-16-10-5-4-6-11-16/h4-11H,12-13H2,1-3H3,(H,21,22,25). The third-order valence-corrected chi connectivity index (χ3v) is 7.39. The van der Waals surface area contributed by atoms with Crippen molar-refractivity contribution in [1.82, 2.24) is 10.2 Å². The average Bonchev–Trinajstić information content (AvgIpc) is 3.12. The number of aromatic nitrogens is 2. The number of nitrogens with zero attached hydrogens (tertiary/aromatic N) is 3. The molecule has 0 aliphatic heterocycles. The zero-order valence-corrected chi connectivity index (χ0v) is 19.3. The van der Waals surface area contributed by atoms with E-state index in [2.05, 4.69) is 15.5 Å². The number of anilines is 2. The minimum absolute atomic E-state index is 0.337. The van der Waals surface area contributed by atoms with Gasteiger partial charge in [-0.2, -0.15) is 0 Å². The van der Waals surface area contributed by atoms with E-state index in [1.54, 1.807) is 0 Å². The first kappa shape index (κ1) is 22.3. The first-order valence-corrected chi connectivity index (χ1v) is 12.7. The molecule has 3 aromatic rings. The van der Waals surface area contributed by atoms with Crippen molar-refractivity contribution in [2.75, 3.05) is 22.4 Å². The fraction of sp³-hybridized carbons (Fsp3) is 0.250. The van der Waals surface area contributed by atoms with Crippen LogP contribution in [-0.2, 0) is 20.6 Å². The highest BCUT2D eigenvalue weighted by molar-refractivity contribution is 8.00. The predicted octanol–water partition coefficient (Wildman–Crippen LogP) is 3.85. The lowest BCUT2D eigenvalue weighted by Crippen LogP contribution is -2.38. The first-order chi connectivity index (χ1) is 14.2. The Morgan fingerprint density at radius 1 is 1.07 bits per heavy atom. The molecule has 0 radical (unpaired) electrons. The molecule has 1 aromatic heterocycles. The van der Waals surface area contributed by atoms with Gasteiger partial charge in [0.1, 0.15) is 6.54 Å². The van der Waals surface area contributed by atoms with Crippen LogP contribution in [0.15, 0.2) is 52.9 Å². The number of thioether (sulfide) groups is 1. The number of sulfonamides is 1. The van der Waals surface area contributed by atoms with E-state index in [1.165, 1.54) is 28.7 Å². The molecule has 158 valence electrons.